The van der Waals surface area contributed by atoms with Crippen LogP contribution < -0.4 is 5.32 Å². The van der Waals surface area contributed by atoms with Crippen LogP contribution in [0.2, 0.25) is 0 Å². The molecule has 0 saturated heterocycles. The van der Waals surface area contributed by atoms with Gasteiger partial charge >= 0.3 is 0 Å². The Bertz CT molecular complexity index is 196. The van der Waals surface area contributed by atoms with Crippen LogP contribution >= 0.6 is 11.9 Å². The first-order chi connectivity index (χ1) is 6.36. The molecular weight excluding hydrogens is 186 g/mol. The summed E-state index contributed by atoms with van der Waals surface area (Å²) in [7, 11) is 0. The smallest absolute Gasteiger partial charge is 0.262 e. The molecule has 1 N–H and O–H groups in total. The zero-order valence-electron chi connectivity index (χ0n) is 7.82. The summed E-state index contributed by atoms with van der Waals surface area (Å²) in [5, 5.41) is 3.96. The number of hydrogen-bond acceptors (Lipinski definition) is 5. The van der Waals surface area contributed by atoms with Crippen molar-refractivity contribution >= 4 is 17.2 Å². The van der Waals surface area contributed by atoms with Crippen molar-refractivity contribution in [2.75, 3.05) is 26.5 Å². The second-order valence-electron chi connectivity index (χ2n) is 2.47. The van der Waals surface area contributed by atoms with Gasteiger partial charge in [0, 0.05) is 18.5 Å². The van der Waals surface area contributed by atoms with Crippen LogP contribution in [-0.2, 0) is 4.74 Å². The van der Waals surface area contributed by atoms with Crippen molar-refractivity contribution in [1.29, 1.82) is 0 Å². The summed E-state index contributed by atoms with van der Waals surface area (Å²) < 4.78 is 7.35. The average molecular weight is 201 g/mol. The van der Waals surface area contributed by atoms with E-state index in [1.54, 1.807) is 11.9 Å². The summed E-state index contributed by atoms with van der Waals surface area (Å²) in [6.07, 6.45) is 1.84. The molecule has 4 nitrogen and oxygen atoms in total. The predicted octanol–water partition coefficient (Wildman–Crippen LogP) is 1.03. The number of hydrogen-bond donors (Lipinski definition) is 1. The molecule has 0 radical (unpaired) electrons. The van der Waals surface area contributed by atoms with Crippen molar-refractivity contribution in [3.63, 3.8) is 0 Å². The molecule has 0 amide bonds. The predicted molar refractivity (Wildman–Crippen MR) is 56.4 cm³/mol. The molecule has 0 aromatic carbocycles. The van der Waals surface area contributed by atoms with Gasteiger partial charge in [-0.1, -0.05) is 6.08 Å². The van der Waals surface area contributed by atoms with Gasteiger partial charge in [0.1, 0.15) is 6.67 Å². The highest BCUT2D eigenvalue weighted by Gasteiger charge is 2.16. The van der Waals surface area contributed by atoms with Crippen molar-refractivity contribution in [3.8, 4) is 0 Å². The zero-order chi connectivity index (χ0) is 9.52. The van der Waals surface area contributed by atoms with Crippen LogP contribution in [-0.4, -0.2) is 36.0 Å². The topological polar surface area (TPSA) is 36.9 Å². The summed E-state index contributed by atoms with van der Waals surface area (Å²) in [5.41, 5.74) is 0. The maximum atomic E-state index is 5.26. The van der Waals surface area contributed by atoms with Gasteiger partial charge in [-0.2, -0.15) is 0 Å². The number of nitrogens with zero attached hydrogens (tertiary/aromatic N) is 2. The largest absolute Gasteiger partial charge is 0.472 e. The molecule has 74 valence electrons. The fourth-order valence-corrected chi connectivity index (χ4v) is 1.65. The van der Waals surface area contributed by atoms with Crippen molar-refractivity contribution in [3.05, 3.63) is 12.7 Å². The Balaban J connectivity index is 2.10. The number of aliphatic imine (C=N–C) groups is 1. The van der Waals surface area contributed by atoms with E-state index in [1.807, 2.05) is 13.0 Å². The molecule has 1 aliphatic heterocycles. The highest BCUT2D eigenvalue weighted by atomic mass is 32.2. The molecule has 0 fully saturated rings. The molecule has 13 heavy (non-hydrogen) atoms. The first-order valence-electron chi connectivity index (χ1n) is 4.28. The van der Waals surface area contributed by atoms with Crippen LogP contribution in [0.25, 0.3) is 0 Å². The summed E-state index contributed by atoms with van der Waals surface area (Å²) in [6, 6.07) is 0. The molecule has 5 heteroatoms. The Morgan fingerprint density at radius 3 is 3.38 bits per heavy atom. The lowest BCUT2D eigenvalue weighted by atomic mass is 10.6. The number of rotatable bonds is 5. The Hall–Kier alpha value is -0.520. The zero-order valence-corrected chi connectivity index (χ0v) is 8.64. The molecule has 1 aliphatic rings. The third-order valence-corrected chi connectivity index (χ3v) is 2.32. The third-order valence-electron chi connectivity index (χ3n) is 1.41. The second kappa shape index (κ2) is 6.01. The van der Waals surface area contributed by atoms with E-state index in [2.05, 4.69) is 21.2 Å². The first-order valence-corrected chi connectivity index (χ1v) is 5.06. The van der Waals surface area contributed by atoms with E-state index in [-0.39, 0.29) is 0 Å². The van der Waals surface area contributed by atoms with Crippen molar-refractivity contribution in [2.45, 2.75) is 6.92 Å². The number of ether oxygens (including phenoxy) is 1. The quantitative estimate of drug-likeness (QED) is 0.409. The van der Waals surface area contributed by atoms with E-state index < -0.39 is 0 Å². The fourth-order valence-electron chi connectivity index (χ4n) is 0.874. The summed E-state index contributed by atoms with van der Waals surface area (Å²) in [5.74, 6) is 0. The Kier molecular flexibility index (Phi) is 4.88. The van der Waals surface area contributed by atoms with Crippen LogP contribution in [0.5, 0.6) is 0 Å². The lowest BCUT2D eigenvalue weighted by molar-refractivity contribution is 0.337. The minimum atomic E-state index is 0.680. The molecule has 0 saturated carbocycles. The van der Waals surface area contributed by atoms with Gasteiger partial charge in [-0.3, -0.25) is 0 Å². The first kappa shape index (κ1) is 10.6. The van der Waals surface area contributed by atoms with Gasteiger partial charge in [0.15, 0.2) is 0 Å². The SMILES string of the molecule is C=CCNCN1CN=C(OCC)S1. The normalized spacial score (nSPS) is 17.2. The van der Waals surface area contributed by atoms with E-state index in [0.29, 0.717) is 13.3 Å². The van der Waals surface area contributed by atoms with Gasteiger partial charge in [-0.15, -0.1) is 6.58 Å². The maximum absolute atomic E-state index is 5.26. The third kappa shape index (κ3) is 3.80. The average Bonchev–Trinajstić information content (AvgIpc) is 2.54. The monoisotopic (exact) mass is 201 g/mol. The van der Waals surface area contributed by atoms with Crippen LogP contribution in [0.4, 0.5) is 0 Å². The Morgan fingerprint density at radius 2 is 2.69 bits per heavy atom. The van der Waals surface area contributed by atoms with Gasteiger partial charge in [-0.05, 0) is 6.92 Å². The lowest BCUT2D eigenvalue weighted by Gasteiger charge is -2.12. The molecule has 1 rings (SSSR count). The minimum absolute atomic E-state index is 0.680. The van der Waals surface area contributed by atoms with Crippen LogP contribution in [0.3, 0.4) is 0 Å². The summed E-state index contributed by atoms with van der Waals surface area (Å²) in [6.45, 7) is 8.59. The van der Waals surface area contributed by atoms with Gasteiger partial charge in [-0.25, -0.2) is 9.30 Å². The van der Waals surface area contributed by atoms with Crippen LogP contribution in [0.1, 0.15) is 6.92 Å². The van der Waals surface area contributed by atoms with Crippen molar-refractivity contribution in [1.82, 2.24) is 9.62 Å². The van der Waals surface area contributed by atoms with E-state index in [1.165, 1.54) is 0 Å². The van der Waals surface area contributed by atoms with Gasteiger partial charge in [0.25, 0.3) is 5.23 Å². The van der Waals surface area contributed by atoms with Crippen LogP contribution in [0, 0.1) is 0 Å². The molecule has 0 unspecified atom stereocenters. The fraction of sp³-hybridized carbons (Fsp3) is 0.625. The van der Waals surface area contributed by atoms with E-state index >= 15 is 0 Å². The van der Waals surface area contributed by atoms with Gasteiger partial charge < -0.3 is 10.1 Å². The van der Waals surface area contributed by atoms with Crippen LogP contribution in [0.15, 0.2) is 17.6 Å². The van der Waals surface area contributed by atoms with Gasteiger partial charge in [0.2, 0.25) is 0 Å². The standard InChI is InChI=1S/C8H15N3OS/c1-3-5-9-6-11-7-10-8(13-11)12-4-2/h3,9H,1,4-7H2,2H3. The Morgan fingerprint density at radius 1 is 1.85 bits per heavy atom. The van der Waals surface area contributed by atoms with Crippen molar-refractivity contribution < 1.29 is 4.74 Å². The van der Waals surface area contributed by atoms with E-state index in [9.17, 15) is 0 Å². The molecule has 1 heterocycles. The highest BCUT2D eigenvalue weighted by Crippen LogP contribution is 2.18. The molecule has 0 aliphatic carbocycles. The molecule has 0 spiro atoms. The molecule has 0 aromatic rings. The second-order valence-corrected chi connectivity index (χ2v) is 3.52. The van der Waals surface area contributed by atoms with E-state index in [4.69, 9.17) is 4.74 Å². The van der Waals surface area contributed by atoms with E-state index in [0.717, 1.165) is 18.4 Å². The molecular formula is C8H15N3OS. The molecule has 0 bridgehead atoms. The molecule has 0 aromatic heterocycles. The number of nitrogens with one attached hydrogen (secondary N) is 1. The highest BCUT2D eigenvalue weighted by molar-refractivity contribution is 8.11. The van der Waals surface area contributed by atoms with Crippen molar-refractivity contribution in [2.24, 2.45) is 4.99 Å². The summed E-state index contributed by atoms with van der Waals surface area (Å²) in [4.78, 5) is 4.20. The maximum Gasteiger partial charge on any atom is 0.262 e. The summed E-state index contributed by atoms with van der Waals surface area (Å²) >= 11 is 1.55. The minimum Gasteiger partial charge on any atom is -0.472 e. The lowest BCUT2D eigenvalue weighted by Crippen LogP contribution is -2.28. The van der Waals surface area contributed by atoms with Gasteiger partial charge in [0.05, 0.1) is 13.3 Å². The molecule has 0 atom stereocenters. The Labute approximate surface area is 83.2 Å².